The van der Waals surface area contributed by atoms with Gasteiger partial charge in [-0.05, 0) is 24.3 Å². The molecule has 0 atom stereocenters. The third-order valence-electron chi connectivity index (χ3n) is 3.12. The monoisotopic (exact) mass is 382 g/mol. The van der Waals surface area contributed by atoms with Gasteiger partial charge in [0.15, 0.2) is 5.82 Å². The maximum atomic E-state index is 6.04. The van der Waals surface area contributed by atoms with E-state index in [9.17, 15) is 0 Å². The fourth-order valence-corrected chi connectivity index (χ4v) is 3.91. The molecule has 2 N–H and O–H groups in total. The minimum atomic E-state index is 0.224. The van der Waals surface area contributed by atoms with Gasteiger partial charge in [-0.2, -0.15) is 0 Å². The van der Waals surface area contributed by atoms with Crippen LogP contribution in [-0.4, -0.2) is 22.0 Å². The van der Waals surface area contributed by atoms with Gasteiger partial charge >= 0.3 is 0 Å². The lowest BCUT2D eigenvalue weighted by Gasteiger charge is -2.07. The van der Waals surface area contributed by atoms with E-state index < -0.39 is 0 Å². The highest BCUT2D eigenvalue weighted by Crippen LogP contribution is 2.28. The Morgan fingerprint density at radius 3 is 2.83 bits per heavy atom. The topological polar surface area (TPSA) is 75.2 Å². The second-order valence-electron chi connectivity index (χ2n) is 4.73. The molecule has 0 spiro atoms. The van der Waals surface area contributed by atoms with Gasteiger partial charge < -0.3 is 15.3 Å². The molecule has 0 unspecified atom stereocenters. The number of rotatable bonds is 7. The summed E-state index contributed by atoms with van der Waals surface area (Å²) in [4.78, 5) is 1.15. The summed E-state index contributed by atoms with van der Waals surface area (Å²) in [6.45, 7) is 0.224. The molecule has 0 amide bonds. The Hall–Kier alpha value is -1.90. The molecule has 6 nitrogen and oxygen atoms in total. The van der Waals surface area contributed by atoms with Gasteiger partial charge in [-0.1, -0.05) is 29.4 Å². The van der Waals surface area contributed by atoms with E-state index in [0.29, 0.717) is 16.7 Å². The molecule has 2 heterocycles. The number of halogens is 1. The highest BCUT2D eigenvalue weighted by atomic mass is 35.5. The van der Waals surface area contributed by atoms with E-state index in [1.54, 1.807) is 24.5 Å². The highest BCUT2D eigenvalue weighted by Gasteiger charge is 2.12. The second kappa shape index (κ2) is 7.78. The molecule has 126 valence electrons. The lowest BCUT2D eigenvalue weighted by Crippen LogP contribution is -2.15. The third kappa shape index (κ3) is 4.14. The number of aromatic nitrogens is 3. The standard InChI is InChI=1S/C15H15ClN4O2S2/c1-21-10-3-2-4-11(7-10)22-8-14-18-19-15(20(14)17)23-9-12-5-6-13(16)24-12/h2-7H,8-9,17H2,1H3. The Balaban J connectivity index is 1.59. The number of nitrogen functional groups attached to an aromatic ring is 1. The number of hydrogen-bond donors (Lipinski definition) is 1. The maximum absolute atomic E-state index is 6.04. The molecular weight excluding hydrogens is 368 g/mol. The summed E-state index contributed by atoms with van der Waals surface area (Å²) in [5.74, 6) is 8.73. The molecule has 0 saturated heterocycles. The van der Waals surface area contributed by atoms with E-state index in [-0.39, 0.29) is 6.61 Å². The molecule has 0 radical (unpaired) electrons. The van der Waals surface area contributed by atoms with Crippen molar-refractivity contribution >= 4 is 34.7 Å². The Kier molecular flexibility index (Phi) is 5.49. The number of hydrogen-bond acceptors (Lipinski definition) is 7. The van der Waals surface area contributed by atoms with Crippen molar-refractivity contribution in [3.63, 3.8) is 0 Å². The summed E-state index contributed by atoms with van der Waals surface area (Å²) in [5, 5.41) is 8.81. The van der Waals surface area contributed by atoms with Gasteiger partial charge in [0, 0.05) is 16.7 Å². The van der Waals surface area contributed by atoms with Crippen molar-refractivity contribution in [3.05, 3.63) is 51.4 Å². The number of nitrogens with zero attached hydrogens (tertiary/aromatic N) is 3. The minimum Gasteiger partial charge on any atom is -0.497 e. The molecule has 0 aliphatic carbocycles. The predicted molar refractivity (Wildman–Crippen MR) is 96.4 cm³/mol. The SMILES string of the molecule is COc1cccc(OCc2nnc(SCc3ccc(Cl)s3)n2N)c1. The van der Waals surface area contributed by atoms with Crippen molar-refractivity contribution < 1.29 is 9.47 Å². The zero-order valence-corrected chi connectivity index (χ0v) is 15.2. The maximum Gasteiger partial charge on any atom is 0.210 e. The first kappa shape index (κ1) is 16.9. The van der Waals surface area contributed by atoms with Crippen LogP contribution in [0, 0.1) is 0 Å². The zero-order valence-electron chi connectivity index (χ0n) is 12.8. The normalized spacial score (nSPS) is 10.8. The van der Waals surface area contributed by atoms with Gasteiger partial charge in [-0.3, -0.25) is 0 Å². The Bertz CT molecular complexity index is 821. The first-order valence-electron chi connectivity index (χ1n) is 6.99. The Morgan fingerprint density at radius 1 is 1.25 bits per heavy atom. The molecule has 0 aliphatic heterocycles. The van der Waals surface area contributed by atoms with Crippen LogP contribution >= 0.6 is 34.7 Å². The Morgan fingerprint density at radius 2 is 2.08 bits per heavy atom. The fraction of sp³-hybridized carbons (Fsp3) is 0.200. The second-order valence-corrected chi connectivity index (χ2v) is 7.47. The van der Waals surface area contributed by atoms with Crippen LogP contribution in [0.1, 0.15) is 10.7 Å². The molecule has 3 rings (SSSR count). The van der Waals surface area contributed by atoms with Crippen LogP contribution in [0.3, 0.4) is 0 Å². The number of nitrogens with two attached hydrogens (primary N) is 1. The van der Waals surface area contributed by atoms with Crippen LogP contribution < -0.4 is 15.3 Å². The fourth-order valence-electron chi connectivity index (χ4n) is 1.91. The minimum absolute atomic E-state index is 0.224. The predicted octanol–water partition coefficient (Wildman–Crippen LogP) is 3.59. The third-order valence-corrected chi connectivity index (χ3v) is 5.52. The van der Waals surface area contributed by atoms with Crippen LogP contribution in [0.2, 0.25) is 4.34 Å². The van der Waals surface area contributed by atoms with E-state index >= 15 is 0 Å². The van der Waals surface area contributed by atoms with Gasteiger partial charge in [0.25, 0.3) is 0 Å². The molecule has 9 heteroatoms. The van der Waals surface area contributed by atoms with Crippen molar-refractivity contribution in [3.8, 4) is 11.5 Å². The van der Waals surface area contributed by atoms with E-state index in [1.807, 2.05) is 30.3 Å². The molecule has 0 fully saturated rings. The van der Waals surface area contributed by atoms with Crippen LogP contribution in [0.4, 0.5) is 0 Å². The summed E-state index contributed by atoms with van der Waals surface area (Å²) in [5.41, 5.74) is 0. The number of benzene rings is 1. The van der Waals surface area contributed by atoms with Crippen molar-refractivity contribution in [2.45, 2.75) is 17.5 Å². The molecule has 2 aromatic heterocycles. The molecular formula is C15H15ClN4O2S2. The summed E-state index contributed by atoms with van der Waals surface area (Å²) >= 11 is 8.97. The summed E-state index contributed by atoms with van der Waals surface area (Å²) < 4.78 is 13.1. The van der Waals surface area contributed by atoms with E-state index in [2.05, 4.69) is 10.2 Å². The molecule has 0 bridgehead atoms. The average Bonchev–Trinajstić information content (AvgIpc) is 3.17. The lowest BCUT2D eigenvalue weighted by atomic mass is 10.3. The van der Waals surface area contributed by atoms with Crippen LogP contribution in [0.15, 0.2) is 41.6 Å². The molecule has 24 heavy (non-hydrogen) atoms. The smallest absolute Gasteiger partial charge is 0.210 e. The summed E-state index contributed by atoms with van der Waals surface area (Å²) in [7, 11) is 1.61. The first-order chi connectivity index (χ1) is 11.7. The van der Waals surface area contributed by atoms with Crippen molar-refractivity contribution in [1.82, 2.24) is 14.9 Å². The Labute approximate surface area is 152 Å². The quantitative estimate of drug-likeness (QED) is 0.497. The van der Waals surface area contributed by atoms with Gasteiger partial charge in [-0.25, -0.2) is 4.68 Å². The van der Waals surface area contributed by atoms with Crippen LogP contribution in [0.25, 0.3) is 0 Å². The van der Waals surface area contributed by atoms with Crippen molar-refractivity contribution in [2.24, 2.45) is 0 Å². The first-order valence-corrected chi connectivity index (χ1v) is 9.17. The molecule has 0 aliphatic rings. The van der Waals surface area contributed by atoms with Gasteiger partial charge in [0.1, 0.15) is 18.1 Å². The van der Waals surface area contributed by atoms with Gasteiger partial charge in [0.05, 0.1) is 11.4 Å². The van der Waals surface area contributed by atoms with E-state index in [4.69, 9.17) is 26.9 Å². The molecule has 0 saturated carbocycles. The number of thiophene rings is 1. The number of ether oxygens (including phenoxy) is 2. The van der Waals surface area contributed by atoms with Crippen molar-refractivity contribution in [1.29, 1.82) is 0 Å². The molecule has 1 aromatic carbocycles. The molecule has 3 aromatic rings. The van der Waals surface area contributed by atoms with Gasteiger partial charge in [0.2, 0.25) is 5.16 Å². The van der Waals surface area contributed by atoms with Crippen LogP contribution in [0.5, 0.6) is 11.5 Å². The largest absolute Gasteiger partial charge is 0.497 e. The van der Waals surface area contributed by atoms with Crippen LogP contribution in [-0.2, 0) is 12.4 Å². The van der Waals surface area contributed by atoms with Gasteiger partial charge in [-0.15, -0.1) is 21.5 Å². The van der Waals surface area contributed by atoms with E-state index in [1.165, 1.54) is 16.4 Å². The average molecular weight is 383 g/mol. The summed E-state index contributed by atoms with van der Waals surface area (Å²) in [6.07, 6.45) is 0. The highest BCUT2D eigenvalue weighted by molar-refractivity contribution is 7.98. The lowest BCUT2D eigenvalue weighted by molar-refractivity contribution is 0.289. The zero-order chi connectivity index (χ0) is 16.9. The number of methoxy groups -OCH3 is 1. The van der Waals surface area contributed by atoms with E-state index in [0.717, 1.165) is 20.7 Å². The van der Waals surface area contributed by atoms with Crippen molar-refractivity contribution in [2.75, 3.05) is 13.0 Å². The summed E-state index contributed by atoms with van der Waals surface area (Å²) in [6, 6.07) is 11.2. The number of thioether (sulfide) groups is 1.